The maximum absolute atomic E-state index is 9.21. The molecule has 0 aliphatic rings. The number of ether oxygens (including phenoxy) is 1. The van der Waals surface area contributed by atoms with Gasteiger partial charge in [-0.05, 0) is 0 Å². The van der Waals surface area contributed by atoms with Gasteiger partial charge in [0.1, 0.15) is 12.7 Å². The number of hydrogen-bond donors (Lipinski definition) is 1. The first kappa shape index (κ1) is 8.16. The second kappa shape index (κ2) is 4.05. The van der Waals surface area contributed by atoms with Crippen molar-refractivity contribution < 1.29 is 9.84 Å². The van der Waals surface area contributed by atoms with Crippen LogP contribution in [0.3, 0.4) is 0 Å². The monoisotopic (exact) mass is 157 g/mol. The van der Waals surface area contributed by atoms with E-state index in [0.717, 1.165) is 0 Å². The van der Waals surface area contributed by atoms with Crippen LogP contribution in [0.4, 0.5) is 0 Å². The van der Waals surface area contributed by atoms with Crippen LogP contribution in [0.2, 0.25) is 0 Å². The minimum absolute atomic E-state index is 0.319. The maximum Gasteiger partial charge on any atom is 0.137 e. The van der Waals surface area contributed by atoms with E-state index in [-0.39, 0.29) is 0 Å². The minimum atomic E-state index is -0.512. The second-order valence-electron chi connectivity index (χ2n) is 2.23. The van der Waals surface area contributed by atoms with E-state index < -0.39 is 6.10 Å². The Kier molecular flexibility index (Phi) is 3.00. The number of nitrogens with zero attached hydrogens (tertiary/aromatic N) is 3. The lowest BCUT2D eigenvalue weighted by molar-refractivity contribution is 0.0513. The summed E-state index contributed by atoms with van der Waals surface area (Å²) in [4.78, 5) is 3.74. The van der Waals surface area contributed by atoms with Crippen molar-refractivity contribution in [2.75, 3.05) is 13.7 Å². The summed E-state index contributed by atoms with van der Waals surface area (Å²) in [6, 6.07) is 0. The summed E-state index contributed by atoms with van der Waals surface area (Å²) in [5.74, 6) is 0. The number of aliphatic hydroxyl groups is 1. The summed E-state index contributed by atoms with van der Waals surface area (Å²) in [5.41, 5.74) is 0. The highest BCUT2D eigenvalue weighted by molar-refractivity contribution is 4.60. The van der Waals surface area contributed by atoms with Crippen molar-refractivity contribution in [3.63, 3.8) is 0 Å². The summed E-state index contributed by atoms with van der Waals surface area (Å²) in [5, 5.41) is 13.0. The summed E-state index contributed by atoms with van der Waals surface area (Å²) in [6.07, 6.45) is 2.47. The molecule has 1 N–H and O–H groups in total. The molecule has 1 aromatic heterocycles. The Balaban J connectivity index is 2.31. The summed E-state index contributed by atoms with van der Waals surface area (Å²) in [7, 11) is 1.55. The fourth-order valence-electron chi connectivity index (χ4n) is 0.788. The molecule has 1 rings (SSSR count). The smallest absolute Gasteiger partial charge is 0.137 e. The topological polar surface area (TPSA) is 60.2 Å². The Morgan fingerprint density at radius 2 is 2.55 bits per heavy atom. The van der Waals surface area contributed by atoms with Crippen LogP contribution in [0.25, 0.3) is 0 Å². The van der Waals surface area contributed by atoms with Crippen molar-refractivity contribution in [3.8, 4) is 0 Å². The van der Waals surface area contributed by atoms with E-state index in [2.05, 4.69) is 10.1 Å². The molecule has 0 saturated heterocycles. The van der Waals surface area contributed by atoms with Gasteiger partial charge >= 0.3 is 0 Å². The first-order chi connectivity index (χ1) is 5.33. The molecule has 1 atom stereocenters. The number of aromatic nitrogens is 3. The molecule has 0 aliphatic carbocycles. The van der Waals surface area contributed by atoms with Crippen molar-refractivity contribution in [2.45, 2.75) is 12.6 Å². The molecule has 0 aliphatic heterocycles. The highest BCUT2D eigenvalue weighted by Crippen LogP contribution is 1.88. The highest BCUT2D eigenvalue weighted by Gasteiger charge is 2.03. The third-order valence-electron chi connectivity index (χ3n) is 1.22. The molecule has 1 aromatic rings. The zero-order valence-corrected chi connectivity index (χ0v) is 6.34. The molecule has 0 aromatic carbocycles. The molecule has 62 valence electrons. The number of hydrogen-bond acceptors (Lipinski definition) is 4. The second-order valence-corrected chi connectivity index (χ2v) is 2.23. The molecule has 1 heterocycles. The zero-order valence-electron chi connectivity index (χ0n) is 6.34. The summed E-state index contributed by atoms with van der Waals surface area (Å²) >= 11 is 0. The molecule has 0 radical (unpaired) electrons. The van der Waals surface area contributed by atoms with E-state index in [1.54, 1.807) is 18.1 Å². The van der Waals surface area contributed by atoms with Gasteiger partial charge in [0.2, 0.25) is 0 Å². The molecule has 0 bridgehead atoms. The fourth-order valence-corrected chi connectivity index (χ4v) is 0.788. The van der Waals surface area contributed by atoms with Crippen LogP contribution < -0.4 is 0 Å². The Hall–Kier alpha value is -0.940. The van der Waals surface area contributed by atoms with E-state index in [4.69, 9.17) is 4.74 Å². The molecular weight excluding hydrogens is 146 g/mol. The van der Waals surface area contributed by atoms with E-state index in [1.165, 1.54) is 6.33 Å². The first-order valence-corrected chi connectivity index (χ1v) is 3.32. The van der Waals surface area contributed by atoms with Gasteiger partial charge in [-0.1, -0.05) is 0 Å². The maximum atomic E-state index is 9.21. The largest absolute Gasteiger partial charge is 0.389 e. The van der Waals surface area contributed by atoms with Crippen LogP contribution >= 0.6 is 0 Å². The lowest BCUT2D eigenvalue weighted by Gasteiger charge is -2.07. The molecule has 0 amide bonds. The SMILES string of the molecule is COCC(O)Cn1cncn1. The van der Waals surface area contributed by atoms with Crippen LogP contribution in [0.15, 0.2) is 12.7 Å². The average molecular weight is 157 g/mol. The zero-order chi connectivity index (χ0) is 8.10. The molecular formula is C6H11N3O2. The Bertz CT molecular complexity index is 188. The molecule has 0 saturated carbocycles. The molecule has 11 heavy (non-hydrogen) atoms. The van der Waals surface area contributed by atoms with Crippen molar-refractivity contribution in [3.05, 3.63) is 12.7 Å². The molecule has 5 nitrogen and oxygen atoms in total. The van der Waals surface area contributed by atoms with Gasteiger partial charge in [-0.25, -0.2) is 4.98 Å². The minimum Gasteiger partial charge on any atom is -0.389 e. The molecule has 5 heteroatoms. The van der Waals surface area contributed by atoms with Crippen LogP contribution in [0.1, 0.15) is 0 Å². The number of aliphatic hydroxyl groups excluding tert-OH is 1. The molecule has 1 unspecified atom stereocenters. The molecule has 0 fully saturated rings. The third kappa shape index (κ3) is 2.65. The lowest BCUT2D eigenvalue weighted by atomic mass is 10.4. The van der Waals surface area contributed by atoms with Gasteiger partial charge in [0.15, 0.2) is 0 Å². The van der Waals surface area contributed by atoms with Gasteiger partial charge in [-0.3, -0.25) is 4.68 Å². The van der Waals surface area contributed by atoms with Gasteiger partial charge in [-0.15, -0.1) is 0 Å². The van der Waals surface area contributed by atoms with E-state index in [9.17, 15) is 5.11 Å². The summed E-state index contributed by atoms with van der Waals surface area (Å²) < 4.78 is 6.30. The van der Waals surface area contributed by atoms with Crippen LogP contribution in [0, 0.1) is 0 Å². The van der Waals surface area contributed by atoms with Crippen LogP contribution in [0.5, 0.6) is 0 Å². The summed E-state index contributed by atoms with van der Waals surface area (Å²) in [6.45, 7) is 0.744. The first-order valence-electron chi connectivity index (χ1n) is 3.32. The van der Waals surface area contributed by atoms with E-state index in [1.807, 2.05) is 0 Å². The quantitative estimate of drug-likeness (QED) is 0.627. The fraction of sp³-hybridized carbons (Fsp3) is 0.667. The van der Waals surface area contributed by atoms with Crippen LogP contribution in [-0.4, -0.2) is 39.7 Å². The Labute approximate surface area is 64.6 Å². The van der Waals surface area contributed by atoms with Crippen LogP contribution in [-0.2, 0) is 11.3 Å². The van der Waals surface area contributed by atoms with E-state index in [0.29, 0.717) is 13.2 Å². The number of rotatable bonds is 4. The van der Waals surface area contributed by atoms with Crippen molar-refractivity contribution in [2.24, 2.45) is 0 Å². The van der Waals surface area contributed by atoms with Gasteiger partial charge < -0.3 is 9.84 Å². The predicted molar refractivity (Wildman–Crippen MR) is 37.9 cm³/mol. The predicted octanol–water partition coefficient (Wildman–Crippen LogP) is -0.715. The number of methoxy groups -OCH3 is 1. The Morgan fingerprint density at radius 3 is 3.09 bits per heavy atom. The Morgan fingerprint density at radius 1 is 1.73 bits per heavy atom. The standard InChI is InChI=1S/C6H11N3O2/c1-11-3-6(10)2-9-5-7-4-8-9/h4-6,10H,2-3H2,1H3. The average Bonchev–Trinajstić information content (AvgIpc) is 2.40. The van der Waals surface area contributed by atoms with Gasteiger partial charge in [0.05, 0.1) is 19.3 Å². The van der Waals surface area contributed by atoms with Crippen molar-refractivity contribution >= 4 is 0 Å². The van der Waals surface area contributed by atoms with Crippen molar-refractivity contribution in [1.29, 1.82) is 0 Å². The third-order valence-corrected chi connectivity index (χ3v) is 1.22. The normalized spacial score (nSPS) is 13.3. The van der Waals surface area contributed by atoms with Gasteiger partial charge in [0.25, 0.3) is 0 Å². The van der Waals surface area contributed by atoms with E-state index >= 15 is 0 Å². The van der Waals surface area contributed by atoms with Crippen molar-refractivity contribution in [1.82, 2.24) is 14.8 Å². The lowest BCUT2D eigenvalue weighted by Crippen LogP contribution is -2.21. The van der Waals surface area contributed by atoms with Gasteiger partial charge in [-0.2, -0.15) is 5.10 Å². The van der Waals surface area contributed by atoms with Gasteiger partial charge in [0, 0.05) is 7.11 Å². The highest BCUT2D eigenvalue weighted by atomic mass is 16.5. The molecule has 0 spiro atoms.